The van der Waals surface area contributed by atoms with Gasteiger partial charge in [0.15, 0.2) is 5.82 Å². The molecule has 1 fully saturated rings. The summed E-state index contributed by atoms with van der Waals surface area (Å²) in [5.41, 5.74) is 7.38. The largest absolute Gasteiger partial charge is 0.382 e. The predicted octanol–water partition coefficient (Wildman–Crippen LogP) is 1.08. The van der Waals surface area contributed by atoms with Crippen molar-refractivity contribution in [3.8, 4) is 0 Å². The summed E-state index contributed by atoms with van der Waals surface area (Å²) in [6.45, 7) is 1.75. The van der Waals surface area contributed by atoms with Gasteiger partial charge in [0.25, 0.3) is 0 Å². The summed E-state index contributed by atoms with van der Waals surface area (Å²) in [5, 5.41) is 13.8. The van der Waals surface area contributed by atoms with Gasteiger partial charge in [-0.25, -0.2) is 0 Å². The minimum Gasteiger partial charge on any atom is -0.382 e. The lowest BCUT2D eigenvalue weighted by molar-refractivity contribution is -0.120. The van der Waals surface area contributed by atoms with Gasteiger partial charge in [0.2, 0.25) is 5.91 Å². The number of anilines is 2. The second-order valence-corrected chi connectivity index (χ2v) is 4.90. The smallest absolute Gasteiger partial charge is 0.228 e. The monoisotopic (exact) mass is 259 g/mol. The number of hydrogen-bond donors (Lipinski definition) is 4. The second kappa shape index (κ2) is 4.89. The highest BCUT2D eigenvalue weighted by molar-refractivity contribution is 5.97. The number of piperidine rings is 1. The van der Waals surface area contributed by atoms with E-state index in [4.69, 9.17) is 5.73 Å². The Hall–Kier alpha value is -2.08. The molecule has 0 radical (unpaired) electrons. The Labute approximate surface area is 110 Å². The van der Waals surface area contributed by atoms with E-state index in [0.29, 0.717) is 5.82 Å². The van der Waals surface area contributed by atoms with Gasteiger partial charge in [-0.2, -0.15) is 5.10 Å². The fourth-order valence-electron chi connectivity index (χ4n) is 2.43. The Bertz CT molecular complexity index is 600. The standard InChI is InChI=1S/C13H17N5O/c14-12-10-6-9(3-4-11(10)17-18-12)16-13(19)8-2-1-5-15-7-8/h3-4,6,8,15H,1-2,5,7H2,(H,16,19)(H3,14,17,18). The molecule has 0 saturated carbocycles. The molecule has 1 aromatic heterocycles. The molecule has 1 unspecified atom stereocenters. The Balaban J connectivity index is 1.76. The molecule has 100 valence electrons. The summed E-state index contributed by atoms with van der Waals surface area (Å²) in [6, 6.07) is 5.57. The number of rotatable bonds is 2. The van der Waals surface area contributed by atoms with Gasteiger partial charge in [-0.05, 0) is 37.6 Å². The number of nitrogens with two attached hydrogens (primary N) is 1. The SMILES string of the molecule is Nc1n[nH]c2ccc(NC(=O)C3CCCNC3)cc12. The molecule has 2 aromatic rings. The van der Waals surface area contributed by atoms with Crippen molar-refractivity contribution >= 4 is 28.3 Å². The quantitative estimate of drug-likeness (QED) is 0.649. The number of nitrogens with zero attached hydrogens (tertiary/aromatic N) is 1. The zero-order chi connectivity index (χ0) is 13.2. The summed E-state index contributed by atoms with van der Waals surface area (Å²) in [7, 11) is 0. The van der Waals surface area contributed by atoms with Crippen molar-refractivity contribution in [3.63, 3.8) is 0 Å². The van der Waals surface area contributed by atoms with Crippen molar-refractivity contribution < 1.29 is 4.79 Å². The molecule has 6 heteroatoms. The van der Waals surface area contributed by atoms with Gasteiger partial charge in [-0.1, -0.05) is 0 Å². The number of carbonyl (C=O) groups is 1. The fourth-order valence-corrected chi connectivity index (χ4v) is 2.43. The van der Waals surface area contributed by atoms with Gasteiger partial charge >= 0.3 is 0 Å². The molecule has 1 aliphatic heterocycles. The van der Waals surface area contributed by atoms with Gasteiger partial charge in [0.05, 0.1) is 11.4 Å². The molecule has 0 spiro atoms. The van der Waals surface area contributed by atoms with E-state index in [1.807, 2.05) is 18.2 Å². The molecular formula is C13H17N5O. The molecule has 2 heterocycles. The molecule has 0 bridgehead atoms. The first-order chi connectivity index (χ1) is 9.24. The van der Waals surface area contributed by atoms with Crippen LogP contribution in [0.1, 0.15) is 12.8 Å². The van der Waals surface area contributed by atoms with Crippen LogP contribution in [0.4, 0.5) is 11.5 Å². The van der Waals surface area contributed by atoms with Crippen LogP contribution >= 0.6 is 0 Å². The van der Waals surface area contributed by atoms with Crippen LogP contribution in [0.15, 0.2) is 18.2 Å². The summed E-state index contributed by atoms with van der Waals surface area (Å²) >= 11 is 0. The van der Waals surface area contributed by atoms with E-state index in [9.17, 15) is 4.79 Å². The third-order valence-corrected chi connectivity index (χ3v) is 3.53. The topological polar surface area (TPSA) is 95.8 Å². The average molecular weight is 259 g/mol. The normalized spacial score (nSPS) is 19.5. The van der Waals surface area contributed by atoms with Crippen LogP contribution in [0.2, 0.25) is 0 Å². The Morgan fingerprint density at radius 1 is 1.47 bits per heavy atom. The van der Waals surface area contributed by atoms with Crippen molar-refractivity contribution in [2.24, 2.45) is 5.92 Å². The van der Waals surface area contributed by atoms with Crippen molar-refractivity contribution in [3.05, 3.63) is 18.2 Å². The second-order valence-electron chi connectivity index (χ2n) is 4.90. The van der Waals surface area contributed by atoms with E-state index in [2.05, 4.69) is 20.8 Å². The van der Waals surface area contributed by atoms with Crippen LogP contribution < -0.4 is 16.4 Å². The molecule has 5 N–H and O–H groups in total. The number of H-pyrrole nitrogens is 1. The molecule has 3 rings (SSSR count). The molecule has 6 nitrogen and oxygen atoms in total. The molecule has 1 aromatic carbocycles. The Morgan fingerprint density at radius 3 is 3.16 bits per heavy atom. The summed E-state index contributed by atoms with van der Waals surface area (Å²) in [5.74, 6) is 0.560. The molecule has 1 atom stereocenters. The van der Waals surface area contributed by atoms with E-state index < -0.39 is 0 Å². The van der Waals surface area contributed by atoms with Crippen LogP contribution in [0, 0.1) is 5.92 Å². The highest BCUT2D eigenvalue weighted by Gasteiger charge is 2.20. The Kier molecular flexibility index (Phi) is 3.08. The lowest BCUT2D eigenvalue weighted by Gasteiger charge is -2.21. The number of benzene rings is 1. The van der Waals surface area contributed by atoms with Crippen molar-refractivity contribution in [2.75, 3.05) is 24.1 Å². The number of nitrogen functional groups attached to an aromatic ring is 1. The molecular weight excluding hydrogens is 242 g/mol. The van der Waals surface area contributed by atoms with E-state index in [1.165, 1.54) is 0 Å². The van der Waals surface area contributed by atoms with Crippen LogP contribution in [-0.2, 0) is 4.79 Å². The van der Waals surface area contributed by atoms with Crippen molar-refractivity contribution in [1.82, 2.24) is 15.5 Å². The highest BCUT2D eigenvalue weighted by Crippen LogP contribution is 2.22. The summed E-state index contributed by atoms with van der Waals surface area (Å²) in [6.07, 6.45) is 1.99. The van der Waals surface area contributed by atoms with Crippen LogP contribution in [0.3, 0.4) is 0 Å². The number of carbonyl (C=O) groups excluding carboxylic acids is 1. The lowest BCUT2D eigenvalue weighted by Crippen LogP contribution is -2.37. The maximum Gasteiger partial charge on any atom is 0.228 e. The maximum absolute atomic E-state index is 12.1. The van der Waals surface area contributed by atoms with Gasteiger partial charge in [0.1, 0.15) is 0 Å². The number of aromatic amines is 1. The summed E-state index contributed by atoms with van der Waals surface area (Å²) < 4.78 is 0. The van der Waals surface area contributed by atoms with Gasteiger partial charge in [0, 0.05) is 17.6 Å². The number of hydrogen-bond acceptors (Lipinski definition) is 4. The first kappa shape index (κ1) is 12.0. The van der Waals surface area contributed by atoms with Crippen molar-refractivity contribution in [2.45, 2.75) is 12.8 Å². The highest BCUT2D eigenvalue weighted by atomic mass is 16.1. The third kappa shape index (κ3) is 2.39. The zero-order valence-corrected chi connectivity index (χ0v) is 10.6. The Morgan fingerprint density at radius 2 is 2.37 bits per heavy atom. The minimum atomic E-state index is 0.0474. The first-order valence-electron chi connectivity index (χ1n) is 6.49. The van der Waals surface area contributed by atoms with Crippen LogP contribution in [0.25, 0.3) is 10.9 Å². The average Bonchev–Trinajstić information content (AvgIpc) is 2.81. The summed E-state index contributed by atoms with van der Waals surface area (Å²) in [4.78, 5) is 12.1. The molecule has 1 amide bonds. The van der Waals surface area contributed by atoms with Gasteiger partial charge in [-0.15, -0.1) is 0 Å². The molecule has 0 aliphatic carbocycles. The van der Waals surface area contributed by atoms with Crippen molar-refractivity contribution in [1.29, 1.82) is 0 Å². The molecule has 19 heavy (non-hydrogen) atoms. The van der Waals surface area contributed by atoms with E-state index in [-0.39, 0.29) is 11.8 Å². The number of aromatic nitrogens is 2. The van der Waals surface area contributed by atoms with Gasteiger partial charge < -0.3 is 16.4 Å². The minimum absolute atomic E-state index is 0.0474. The van der Waals surface area contributed by atoms with E-state index in [0.717, 1.165) is 42.5 Å². The van der Waals surface area contributed by atoms with E-state index >= 15 is 0 Å². The predicted molar refractivity (Wildman–Crippen MR) is 74.7 cm³/mol. The lowest BCUT2D eigenvalue weighted by atomic mass is 9.99. The molecule has 1 saturated heterocycles. The first-order valence-corrected chi connectivity index (χ1v) is 6.49. The maximum atomic E-state index is 12.1. The number of nitrogens with one attached hydrogen (secondary N) is 3. The van der Waals surface area contributed by atoms with Crippen LogP contribution in [0.5, 0.6) is 0 Å². The van der Waals surface area contributed by atoms with E-state index in [1.54, 1.807) is 0 Å². The fraction of sp³-hybridized carbons (Fsp3) is 0.385. The van der Waals surface area contributed by atoms with Gasteiger partial charge in [-0.3, -0.25) is 9.89 Å². The van der Waals surface area contributed by atoms with Crippen LogP contribution in [-0.4, -0.2) is 29.2 Å². The zero-order valence-electron chi connectivity index (χ0n) is 10.6. The third-order valence-electron chi connectivity index (χ3n) is 3.53. The molecule has 1 aliphatic rings. The number of amides is 1. The number of fused-ring (bicyclic) bond motifs is 1.